The third-order valence-corrected chi connectivity index (χ3v) is 14.9. The number of likely N-dealkylation sites (N-methyl/N-ethyl adjacent to an activating group) is 2. The lowest BCUT2D eigenvalue weighted by Gasteiger charge is -2.37. The lowest BCUT2D eigenvalue weighted by molar-refractivity contribution is -0.142. The van der Waals surface area contributed by atoms with E-state index >= 15 is 0 Å². The van der Waals surface area contributed by atoms with Gasteiger partial charge in [0.05, 0.1) is 25.2 Å². The average Bonchev–Trinajstić information content (AvgIpc) is 4.09. The van der Waals surface area contributed by atoms with Crippen molar-refractivity contribution in [3.05, 3.63) is 107 Å². The molecule has 0 saturated carbocycles. The summed E-state index contributed by atoms with van der Waals surface area (Å²) in [6.07, 6.45) is 5.02. The zero-order valence-corrected chi connectivity index (χ0v) is 46.6. The van der Waals surface area contributed by atoms with Gasteiger partial charge in [-0.1, -0.05) is 102 Å². The molecule has 6 N–H and O–H groups in total. The number of nitrogens with zero attached hydrogens (tertiary/aromatic N) is 3. The maximum absolute atomic E-state index is 14.2. The molecular formula is C59H85N9O8. The van der Waals surface area contributed by atoms with Crippen LogP contribution in [0.1, 0.15) is 126 Å². The maximum Gasteiger partial charge on any atom is 0.251 e. The predicted molar refractivity (Wildman–Crippen MR) is 295 cm³/mol. The average molecular weight is 1050 g/mol. The Morgan fingerprint density at radius 3 is 1.49 bits per heavy atom. The van der Waals surface area contributed by atoms with E-state index in [2.05, 4.69) is 31.9 Å². The second-order valence-corrected chi connectivity index (χ2v) is 22.7. The van der Waals surface area contributed by atoms with Crippen molar-refractivity contribution in [3.8, 4) is 0 Å². The summed E-state index contributed by atoms with van der Waals surface area (Å²) in [6.45, 7) is 16.1. The second-order valence-electron chi connectivity index (χ2n) is 22.7. The molecule has 17 heteroatoms. The van der Waals surface area contributed by atoms with Crippen molar-refractivity contribution in [2.75, 3.05) is 53.4 Å². The van der Waals surface area contributed by atoms with Crippen molar-refractivity contribution in [1.29, 1.82) is 0 Å². The quantitative estimate of drug-likeness (QED) is 0.0689. The number of Topliss-reactive ketones (excluding diaryl/α,β-unsaturated/α-hetero) is 1. The molecule has 1 unspecified atom stereocenters. The molecule has 2 saturated heterocycles. The molecule has 0 spiro atoms. The first-order chi connectivity index (χ1) is 36.0. The topological polar surface area (TPSA) is 218 Å². The van der Waals surface area contributed by atoms with Crippen molar-refractivity contribution in [2.24, 2.45) is 16.7 Å². The van der Waals surface area contributed by atoms with Gasteiger partial charge in [-0.15, -0.1) is 0 Å². The molecular weight excluding hydrogens is 963 g/mol. The molecule has 17 nitrogen and oxygen atoms in total. The van der Waals surface area contributed by atoms with E-state index in [0.29, 0.717) is 58.2 Å². The predicted octanol–water partition coefficient (Wildman–Crippen LogP) is 4.69. The summed E-state index contributed by atoms with van der Waals surface area (Å²) in [5.74, 6) is -2.87. The highest BCUT2D eigenvalue weighted by Crippen LogP contribution is 2.31. The summed E-state index contributed by atoms with van der Waals surface area (Å²) in [6, 6.07) is 22.6. The van der Waals surface area contributed by atoms with Crippen molar-refractivity contribution >= 4 is 47.1 Å². The number of carbonyl (C=O) groups is 8. The van der Waals surface area contributed by atoms with Gasteiger partial charge < -0.3 is 46.6 Å². The lowest BCUT2D eigenvalue weighted by atomic mass is 9.84. The Kier molecular flexibility index (Phi) is 22.3. The van der Waals surface area contributed by atoms with Gasteiger partial charge in [-0.3, -0.25) is 38.4 Å². The number of rotatable bonds is 25. The first-order valence-corrected chi connectivity index (χ1v) is 27.1. The summed E-state index contributed by atoms with van der Waals surface area (Å²) < 4.78 is 0. The summed E-state index contributed by atoms with van der Waals surface area (Å²) in [5, 5.41) is 17.3. The standard InChI is InChI=1S/C59H85N9O8/c1-39(60-9)52(71)64-50(58(3,4)5)56(75)67-32-17-23-46(67)35-45(26-25-41-19-13-11-14-20-41)48(69)36-62-54(73)43-27-29-44(30-28-43)55(74)63-37-49(70)66(34-31-42-21-15-12-16-22-42)38-47-24-18-33-68(47)57(76)51(59(6,7)8)65-53(72)40(2)61-10/h11-16,19-22,27-30,39-40,45-47,50-51,60-61H,17-18,23-26,31-38H2,1-10H3,(H,62,73)(H,63,74)(H,64,71)(H,65,72)/t39-,40-,45?,46-,47-,50+,51+/m0/s1. The minimum absolute atomic E-state index is 0.157. The van der Waals surface area contributed by atoms with Crippen LogP contribution in [-0.2, 0) is 41.6 Å². The van der Waals surface area contributed by atoms with Crippen LogP contribution >= 0.6 is 0 Å². The van der Waals surface area contributed by atoms with Crippen LogP contribution in [0.3, 0.4) is 0 Å². The molecule has 3 aromatic rings. The zero-order chi connectivity index (χ0) is 55.7. The van der Waals surface area contributed by atoms with Gasteiger partial charge in [0.2, 0.25) is 29.5 Å². The van der Waals surface area contributed by atoms with Crippen LogP contribution in [0.5, 0.6) is 0 Å². The molecule has 0 aromatic heterocycles. The summed E-state index contributed by atoms with van der Waals surface area (Å²) >= 11 is 0. The Labute approximate surface area is 450 Å². The first kappa shape index (κ1) is 60.4. The van der Waals surface area contributed by atoms with E-state index in [4.69, 9.17) is 0 Å². The summed E-state index contributed by atoms with van der Waals surface area (Å²) in [7, 11) is 3.38. The van der Waals surface area contributed by atoms with Gasteiger partial charge in [-0.05, 0) is 126 Å². The highest BCUT2D eigenvalue weighted by Gasteiger charge is 2.43. The van der Waals surface area contributed by atoms with Crippen LogP contribution in [0.25, 0.3) is 0 Å². The third-order valence-electron chi connectivity index (χ3n) is 14.9. The third kappa shape index (κ3) is 17.3. The fraction of sp³-hybridized carbons (Fsp3) is 0.559. The highest BCUT2D eigenvalue weighted by atomic mass is 16.2. The van der Waals surface area contributed by atoms with E-state index in [-0.39, 0.29) is 78.2 Å². The van der Waals surface area contributed by atoms with Crippen LogP contribution in [0.4, 0.5) is 0 Å². The van der Waals surface area contributed by atoms with Crippen molar-refractivity contribution < 1.29 is 38.4 Å². The van der Waals surface area contributed by atoms with Gasteiger partial charge in [0.1, 0.15) is 12.1 Å². The van der Waals surface area contributed by atoms with Crippen molar-refractivity contribution in [2.45, 2.75) is 143 Å². The van der Waals surface area contributed by atoms with Crippen LogP contribution in [0, 0.1) is 16.7 Å². The van der Waals surface area contributed by atoms with Crippen LogP contribution < -0.4 is 31.9 Å². The Morgan fingerprint density at radius 2 is 1.03 bits per heavy atom. The number of hydrogen-bond acceptors (Lipinski definition) is 10. The minimum Gasteiger partial charge on any atom is -0.345 e. The number of amides is 7. The molecule has 0 radical (unpaired) electrons. The maximum atomic E-state index is 14.2. The van der Waals surface area contributed by atoms with Gasteiger partial charge in [-0.25, -0.2) is 0 Å². The smallest absolute Gasteiger partial charge is 0.251 e. The fourth-order valence-corrected chi connectivity index (χ4v) is 9.87. The lowest BCUT2D eigenvalue weighted by Crippen LogP contribution is -2.59. The van der Waals surface area contributed by atoms with Crippen LogP contribution in [0.15, 0.2) is 84.9 Å². The number of carbonyl (C=O) groups excluding carboxylic acids is 8. The largest absolute Gasteiger partial charge is 0.345 e. The molecule has 2 heterocycles. The molecule has 7 amide bonds. The highest BCUT2D eigenvalue weighted by molar-refractivity contribution is 6.00. The second kappa shape index (κ2) is 28.1. The molecule has 2 fully saturated rings. The Hall–Kier alpha value is -6.46. The SMILES string of the molecule is CN[C@@H](C)C(=O)N[C@H](C(=O)N1CCC[C@H]1CC(CCc1ccccc1)C(=O)CNC(=O)c1ccc(C(=O)NCC(=O)N(CCc2ccccc2)C[C@@H]2CCCN2C(=O)[C@@H](NC(=O)[C@H](C)NC)C(C)(C)C)cc1)C(C)(C)C. The number of ketones is 1. The van der Waals surface area contributed by atoms with E-state index in [1.54, 1.807) is 37.7 Å². The fourth-order valence-electron chi connectivity index (χ4n) is 9.87. The molecule has 0 aliphatic carbocycles. The van der Waals surface area contributed by atoms with Crippen molar-refractivity contribution in [1.82, 2.24) is 46.6 Å². The molecule has 2 aliphatic rings. The normalized spacial score (nSPS) is 17.7. The molecule has 414 valence electrons. The van der Waals surface area contributed by atoms with Crippen LogP contribution in [0.2, 0.25) is 0 Å². The van der Waals surface area contributed by atoms with E-state index in [1.165, 1.54) is 24.3 Å². The van der Waals surface area contributed by atoms with Crippen molar-refractivity contribution in [3.63, 3.8) is 0 Å². The molecule has 0 bridgehead atoms. The zero-order valence-electron chi connectivity index (χ0n) is 46.6. The van der Waals surface area contributed by atoms with Gasteiger partial charge in [-0.2, -0.15) is 0 Å². The first-order valence-electron chi connectivity index (χ1n) is 27.1. The van der Waals surface area contributed by atoms with E-state index < -0.39 is 52.7 Å². The Balaban J connectivity index is 1.21. The van der Waals surface area contributed by atoms with Gasteiger partial charge in [0, 0.05) is 55.3 Å². The number of nitrogens with one attached hydrogen (secondary N) is 6. The molecule has 3 aromatic carbocycles. The van der Waals surface area contributed by atoms with E-state index in [1.807, 2.05) is 107 Å². The Bertz CT molecular complexity index is 2270. The van der Waals surface area contributed by atoms with Gasteiger partial charge in [0.15, 0.2) is 5.78 Å². The monoisotopic (exact) mass is 1050 g/mol. The van der Waals surface area contributed by atoms with Crippen LogP contribution in [-0.4, -0.2) is 151 Å². The van der Waals surface area contributed by atoms with E-state index in [9.17, 15) is 38.4 Å². The Morgan fingerprint density at radius 1 is 0.592 bits per heavy atom. The summed E-state index contributed by atoms with van der Waals surface area (Å²) in [4.78, 5) is 115. The number of aryl methyl sites for hydroxylation is 1. The molecule has 5 rings (SSSR count). The molecule has 2 aliphatic heterocycles. The minimum atomic E-state index is -0.784. The van der Waals surface area contributed by atoms with Gasteiger partial charge in [0.25, 0.3) is 11.8 Å². The van der Waals surface area contributed by atoms with E-state index in [0.717, 1.165) is 24.0 Å². The number of likely N-dealkylation sites (tertiary alicyclic amines) is 2. The molecule has 7 atom stereocenters. The summed E-state index contributed by atoms with van der Waals surface area (Å²) in [5.41, 5.74) is 1.43. The van der Waals surface area contributed by atoms with Gasteiger partial charge >= 0.3 is 0 Å². The number of hydrogen-bond donors (Lipinski definition) is 6. The molecule has 76 heavy (non-hydrogen) atoms. The number of benzene rings is 3.